The Hall–Kier alpha value is -3.15. The van der Waals surface area contributed by atoms with E-state index in [4.69, 9.17) is 0 Å². The topological polar surface area (TPSA) is 75.5 Å². The Kier molecular flexibility index (Phi) is 4.50. The number of aromatic nitrogens is 2. The maximum atomic E-state index is 12.9. The minimum Gasteiger partial charge on any atom is -0.355 e. The van der Waals surface area contributed by atoms with Crippen LogP contribution in [0.15, 0.2) is 48.7 Å². The van der Waals surface area contributed by atoms with Gasteiger partial charge in [0.2, 0.25) is 0 Å². The Bertz CT molecular complexity index is 983. The Balaban J connectivity index is 2.04. The summed E-state index contributed by atoms with van der Waals surface area (Å²) in [7, 11) is 1.56. The van der Waals surface area contributed by atoms with Crippen molar-refractivity contribution in [1.82, 2.24) is 14.7 Å². The highest BCUT2D eigenvalue weighted by Gasteiger charge is 2.25. The van der Waals surface area contributed by atoms with Crippen molar-refractivity contribution in [3.8, 4) is 0 Å². The zero-order chi connectivity index (χ0) is 18.9. The molecule has 0 spiro atoms. The van der Waals surface area contributed by atoms with Gasteiger partial charge in [-0.2, -0.15) is 0 Å². The molecule has 6 nitrogen and oxygen atoms in total. The summed E-state index contributed by atoms with van der Waals surface area (Å²) in [6, 6.07) is 12.5. The van der Waals surface area contributed by atoms with E-state index in [1.54, 1.807) is 31.3 Å². The van der Waals surface area contributed by atoms with Crippen LogP contribution < -0.4 is 10.6 Å². The zero-order valence-electron chi connectivity index (χ0n) is 15.3. The lowest BCUT2D eigenvalue weighted by molar-refractivity contribution is 0.0964. The average Bonchev–Trinajstić information content (AvgIpc) is 3.01. The highest BCUT2D eigenvalue weighted by Crippen LogP contribution is 2.25. The van der Waals surface area contributed by atoms with Crippen LogP contribution in [-0.4, -0.2) is 28.2 Å². The minimum absolute atomic E-state index is 0.219. The van der Waals surface area contributed by atoms with Crippen LogP contribution in [0.4, 0.5) is 5.69 Å². The summed E-state index contributed by atoms with van der Waals surface area (Å²) in [6.07, 6.45) is 1.90. The Labute approximate surface area is 152 Å². The molecule has 0 aliphatic carbocycles. The van der Waals surface area contributed by atoms with Crippen molar-refractivity contribution in [1.29, 1.82) is 0 Å². The lowest BCUT2D eigenvalue weighted by Gasteiger charge is -2.16. The number of hydrogen-bond donors (Lipinski definition) is 2. The van der Waals surface area contributed by atoms with E-state index in [1.165, 1.54) is 0 Å². The van der Waals surface area contributed by atoms with E-state index in [-0.39, 0.29) is 17.2 Å². The molecule has 3 aromatic rings. The van der Waals surface area contributed by atoms with Crippen molar-refractivity contribution in [2.24, 2.45) is 0 Å². The van der Waals surface area contributed by atoms with E-state index in [2.05, 4.69) is 36.4 Å². The van der Waals surface area contributed by atoms with E-state index in [0.29, 0.717) is 16.9 Å². The van der Waals surface area contributed by atoms with Gasteiger partial charge in [-0.1, -0.05) is 39.0 Å². The molecule has 2 heterocycles. The molecule has 0 fully saturated rings. The second-order valence-electron chi connectivity index (χ2n) is 7.07. The number of rotatable bonds is 3. The fraction of sp³-hybridized carbons (Fsp3) is 0.250. The van der Waals surface area contributed by atoms with Crippen LogP contribution in [0.2, 0.25) is 0 Å². The molecule has 2 aromatic heterocycles. The molecule has 0 unspecified atom stereocenters. The minimum atomic E-state index is -0.347. The van der Waals surface area contributed by atoms with Crippen LogP contribution in [-0.2, 0) is 5.41 Å². The summed E-state index contributed by atoms with van der Waals surface area (Å²) in [4.78, 5) is 29.5. The fourth-order valence-corrected chi connectivity index (χ4v) is 2.84. The number of benzene rings is 1. The molecule has 134 valence electrons. The van der Waals surface area contributed by atoms with Gasteiger partial charge in [-0.15, -0.1) is 0 Å². The molecule has 0 saturated carbocycles. The van der Waals surface area contributed by atoms with Gasteiger partial charge in [-0.25, -0.2) is 4.98 Å². The summed E-state index contributed by atoms with van der Waals surface area (Å²) in [5.74, 6) is 0.198. The zero-order valence-corrected chi connectivity index (χ0v) is 15.3. The average molecular weight is 350 g/mol. The molecule has 3 rings (SSSR count). The number of carbonyl (C=O) groups excluding carboxylic acids is 2. The number of nitrogens with zero attached hydrogens (tertiary/aromatic N) is 2. The summed E-state index contributed by atoms with van der Waals surface area (Å²) >= 11 is 0. The van der Waals surface area contributed by atoms with Crippen molar-refractivity contribution >= 4 is 23.0 Å². The number of pyridine rings is 1. The van der Waals surface area contributed by atoms with E-state index in [9.17, 15) is 9.59 Å². The quantitative estimate of drug-likeness (QED) is 0.761. The summed E-state index contributed by atoms with van der Waals surface area (Å²) in [5.41, 5.74) is 1.70. The molecule has 0 aliphatic rings. The van der Waals surface area contributed by atoms with Gasteiger partial charge in [-0.05, 0) is 24.3 Å². The summed E-state index contributed by atoms with van der Waals surface area (Å²) in [6.45, 7) is 6.16. The molecule has 0 saturated heterocycles. The second-order valence-corrected chi connectivity index (χ2v) is 7.07. The lowest BCUT2D eigenvalue weighted by atomic mass is 9.96. The number of fused-ring (bicyclic) bond motifs is 1. The predicted molar refractivity (Wildman–Crippen MR) is 102 cm³/mol. The van der Waals surface area contributed by atoms with Crippen molar-refractivity contribution in [3.63, 3.8) is 0 Å². The van der Waals surface area contributed by atoms with Crippen LogP contribution in [0.25, 0.3) is 5.52 Å². The molecule has 6 heteroatoms. The third-order valence-electron chi connectivity index (χ3n) is 4.08. The van der Waals surface area contributed by atoms with Gasteiger partial charge in [-0.3, -0.25) is 9.59 Å². The van der Waals surface area contributed by atoms with Crippen molar-refractivity contribution in [2.45, 2.75) is 26.2 Å². The molecular formula is C20H22N4O2. The van der Waals surface area contributed by atoms with Gasteiger partial charge in [0, 0.05) is 18.7 Å². The lowest BCUT2D eigenvalue weighted by Crippen LogP contribution is -2.22. The third-order valence-corrected chi connectivity index (χ3v) is 4.08. The van der Waals surface area contributed by atoms with Crippen molar-refractivity contribution in [2.75, 3.05) is 12.4 Å². The number of imidazole rings is 1. The summed E-state index contributed by atoms with van der Waals surface area (Å²) in [5, 5.41) is 5.40. The standard InChI is InChI=1S/C20H22N4O2/c1-20(2,3)19-23-16(15-11-7-8-12-24(15)19)18(26)22-14-10-6-5-9-13(14)17(25)21-4/h5-12H,1-4H3,(H,21,25)(H,22,26). The molecular weight excluding hydrogens is 328 g/mol. The van der Waals surface area contributed by atoms with Gasteiger partial charge in [0.05, 0.1) is 16.8 Å². The van der Waals surface area contributed by atoms with Gasteiger partial charge in [0.1, 0.15) is 5.82 Å². The molecule has 2 amide bonds. The molecule has 1 aromatic carbocycles. The predicted octanol–water partition coefficient (Wildman–Crippen LogP) is 3.24. The summed E-state index contributed by atoms with van der Waals surface area (Å²) < 4.78 is 1.93. The van der Waals surface area contributed by atoms with Crippen LogP contribution in [0, 0.1) is 0 Å². The second kappa shape index (κ2) is 6.63. The number of nitrogens with one attached hydrogen (secondary N) is 2. The van der Waals surface area contributed by atoms with Gasteiger partial charge >= 0.3 is 0 Å². The Morgan fingerprint density at radius 2 is 1.69 bits per heavy atom. The number of carbonyl (C=O) groups is 2. The van der Waals surface area contributed by atoms with Crippen LogP contribution in [0.1, 0.15) is 47.4 Å². The van der Waals surface area contributed by atoms with Crippen LogP contribution in [0.5, 0.6) is 0 Å². The van der Waals surface area contributed by atoms with Crippen molar-refractivity contribution in [3.05, 3.63) is 65.7 Å². The van der Waals surface area contributed by atoms with Gasteiger partial charge < -0.3 is 15.0 Å². The van der Waals surface area contributed by atoms with E-state index < -0.39 is 0 Å². The first-order valence-corrected chi connectivity index (χ1v) is 8.43. The number of hydrogen-bond acceptors (Lipinski definition) is 3. The fourth-order valence-electron chi connectivity index (χ4n) is 2.84. The van der Waals surface area contributed by atoms with E-state index in [0.717, 1.165) is 11.3 Å². The molecule has 0 atom stereocenters. The maximum absolute atomic E-state index is 12.9. The monoisotopic (exact) mass is 350 g/mol. The first kappa shape index (κ1) is 17.7. The molecule has 26 heavy (non-hydrogen) atoms. The first-order valence-electron chi connectivity index (χ1n) is 8.43. The number of para-hydroxylation sites is 1. The SMILES string of the molecule is CNC(=O)c1ccccc1NC(=O)c1nc(C(C)(C)C)n2ccccc12. The smallest absolute Gasteiger partial charge is 0.276 e. The molecule has 0 radical (unpaired) electrons. The number of amides is 2. The Morgan fingerprint density at radius 1 is 1.00 bits per heavy atom. The van der Waals surface area contributed by atoms with E-state index in [1.807, 2.05) is 28.8 Å². The van der Waals surface area contributed by atoms with Gasteiger partial charge in [0.25, 0.3) is 11.8 Å². The number of anilines is 1. The van der Waals surface area contributed by atoms with E-state index >= 15 is 0 Å². The Morgan fingerprint density at radius 3 is 2.38 bits per heavy atom. The van der Waals surface area contributed by atoms with Gasteiger partial charge in [0.15, 0.2) is 5.69 Å². The van der Waals surface area contributed by atoms with Crippen LogP contribution in [0.3, 0.4) is 0 Å². The third kappa shape index (κ3) is 3.18. The molecule has 0 aliphatic heterocycles. The molecule has 2 N–H and O–H groups in total. The highest BCUT2D eigenvalue weighted by molar-refractivity contribution is 6.11. The molecule has 0 bridgehead atoms. The highest BCUT2D eigenvalue weighted by atomic mass is 16.2. The first-order chi connectivity index (χ1) is 12.3. The largest absolute Gasteiger partial charge is 0.355 e. The van der Waals surface area contributed by atoms with Crippen LogP contribution >= 0.6 is 0 Å². The maximum Gasteiger partial charge on any atom is 0.276 e. The van der Waals surface area contributed by atoms with Crippen molar-refractivity contribution < 1.29 is 9.59 Å². The normalized spacial score (nSPS) is 11.4.